The van der Waals surface area contributed by atoms with Crippen molar-refractivity contribution in [3.8, 4) is 11.3 Å². The van der Waals surface area contributed by atoms with Gasteiger partial charge in [-0.3, -0.25) is 9.78 Å². The van der Waals surface area contributed by atoms with E-state index in [0.717, 1.165) is 61.2 Å². The number of aromatic nitrogens is 1. The van der Waals surface area contributed by atoms with E-state index < -0.39 is 27.4 Å². The fraction of sp³-hybridized carbons (Fsp3) is 0.296. The lowest BCUT2D eigenvalue weighted by atomic mass is 9.77. The SMILES string of the molecule is C=S(=O)(Nc1ccc(-c2ccc(C3CCC(CC(=O)O)CC3)cc2)nc1)c1ccc(C(F)(F)F)cc1. The fourth-order valence-electron chi connectivity index (χ4n) is 4.61. The van der Waals surface area contributed by atoms with Gasteiger partial charge in [0.25, 0.3) is 0 Å². The summed E-state index contributed by atoms with van der Waals surface area (Å²) in [5.74, 6) is 3.63. The second-order valence-electron chi connectivity index (χ2n) is 9.17. The number of aliphatic carboxylic acids is 1. The Labute approximate surface area is 208 Å². The van der Waals surface area contributed by atoms with Crippen molar-refractivity contribution < 1.29 is 27.3 Å². The molecule has 1 aromatic heterocycles. The molecule has 190 valence electrons. The van der Waals surface area contributed by atoms with Crippen molar-refractivity contribution >= 4 is 27.2 Å². The van der Waals surface area contributed by atoms with E-state index in [-0.39, 0.29) is 17.2 Å². The molecule has 1 saturated carbocycles. The van der Waals surface area contributed by atoms with E-state index in [9.17, 15) is 22.2 Å². The molecular weight excluding hydrogens is 489 g/mol. The maximum Gasteiger partial charge on any atom is 0.416 e. The molecule has 9 heteroatoms. The van der Waals surface area contributed by atoms with Gasteiger partial charge in [0.1, 0.15) is 0 Å². The zero-order valence-corrected chi connectivity index (χ0v) is 20.3. The lowest BCUT2D eigenvalue weighted by Crippen LogP contribution is -2.16. The Hall–Kier alpha value is -3.33. The van der Waals surface area contributed by atoms with E-state index in [2.05, 4.69) is 27.7 Å². The number of benzene rings is 2. The Morgan fingerprint density at radius 3 is 2.17 bits per heavy atom. The Morgan fingerprint density at radius 1 is 1.00 bits per heavy atom. The van der Waals surface area contributed by atoms with Crippen LogP contribution in [0.1, 0.15) is 49.1 Å². The highest BCUT2D eigenvalue weighted by molar-refractivity contribution is 8.01. The first-order chi connectivity index (χ1) is 17.0. The molecule has 0 aliphatic heterocycles. The predicted molar refractivity (Wildman–Crippen MR) is 135 cm³/mol. The van der Waals surface area contributed by atoms with Gasteiger partial charge in [0.05, 0.1) is 32.8 Å². The molecule has 0 amide bonds. The predicted octanol–water partition coefficient (Wildman–Crippen LogP) is 6.62. The van der Waals surface area contributed by atoms with Crippen LogP contribution in [-0.2, 0) is 20.7 Å². The van der Waals surface area contributed by atoms with Gasteiger partial charge in [0, 0.05) is 16.9 Å². The van der Waals surface area contributed by atoms with E-state index >= 15 is 0 Å². The molecule has 4 rings (SSSR count). The minimum Gasteiger partial charge on any atom is -0.481 e. The van der Waals surface area contributed by atoms with E-state index in [0.29, 0.717) is 11.6 Å². The molecule has 3 aromatic rings. The highest BCUT2D eigenvalue weighted by Gasteiger charge is 2.30. The van der Waals surface area contributed by atoms with Crippen molar-refractivity contribution in [2.45, 2.75) is 49.1 Å². The maximum absolute atomic E-state index is 13.0. The average Bonchev–Trinajstić information content (AvgIpc) is 2.84. The van der Waals surface area contributed by atoms with Crippen LogP contribution in [0.2, 0.25) is 0 Å². The largest absolute Gasteiger partial charge is 0.481 e. The number of rotatable bonds is 7. The second kappa shape index (κ2) is 10.3. The van der Waals surface area contributed by atoms with E-state index in [1.165, 1.54) is 11.8 Å². The summed E-state index contributed by atoms with van der Waals surface area (Å²) in [5, 5.41) is 8.98. The lowest BCUT2D eigenvalue weighted by Gasteiger charge is -2.28. The maximum atomic E-state index is 13.0. The zero-order chi connectivity index (χ0) is 25.9. The minimum atomic E-state index is -4.46. The number of anilines is 1. The standard InChI is InChI=1S/C27H27F3N2O3S/c1-36(35,24-13-10-22(11-14-24)27(28,29)30)32-23-12-15-25(31-17-23)21-8-6-20(7-9-21)19-4-2-18(3-5-19)16-26(33)34/h6-15,17-19H,1-5,16H2,(H,32,35)(H,33,34). The van der Waals surface area contributed by atoms with Crippen LogP contribution in [-0.4, -0.2) is 26.1 Å². The number of carboxylic acids is 1. The van der Waals surface area contributed by atoms with Crippen molar-refractivity contribution in [2.75, 3.05) is 4.72 Å². The number of pyridine rings is 1. The van der Waals surface area contributed by atoms with Crippen molar-refractivity contribution in [1.29, 1.82) is 0 Å². The van der Waals surface area contributed by atoms with Crippen LogP contribution in [0.4, 0.5) is 18.9 Å². The third kappa shape index (κ3) is 6.26. The minimum absolute atomic E-state index is 0.159. The summed E-state index contributed by atoms with van der Waals surface area (Å²) in [5.41, 5.74) is 2.50. The third-order valence-corrected chi connectivity index (χ3v) is 8.20. The van der Waals surface area contributed by atoms with Gasteiger partial charge in [-0.2, -0.15) is 13.2 Å². The van der Waals surface area contributed by atoms with Crippen molar-refractivity contribution in [1.82, 2.24) is 4.98 Å². The van der Waals surface area contributed by atoms with Crippen LogP contribution < -0.4 is 4.72 Å². The number of nitrogens with one attached hydrogen (secondary N) is 1. The van der Waals surface area contributed by atoms with Gasteiger partial charge in [-0.25, -0.2) is 4.21 Å². The molecule has 1 heterocycles. The third-order valence-electron chi connectivity index (χ3n) is 6.60. The van der Waals surface area contributed by atoms with E-state index in [1.54, 1.807) is 12.1 Å². The molecule has 1 unspecified atom stereocenters. The van der Waals surface area contributed by atoms with Crippen LogP contribution in [0.15, 0.2) is 71.8 Å². The quantitative estimate of drug-likeness (QED) is 0.346. The number of hydrogen-bond acceptors (Lipinski definition) is 3. The fourth-order valence-corrected chi connectivity index (χ4v) is 5.81. The normalized spacial score (nSPS) is 19.9. The topological polar surface area (TPSA) is 79.3 Å². The Bertz CT molecular complexity index is 1300. The Kier molecular flexibility index (Phi) is 7.40. The second-order valence-corrected chi connectivity index (χ2v) is 11.2. The van der Waals surface area contributed by atoms with E-state index in [1.807, 2.05) is 12.1 Å². The monoisotopic (exact) mass is 516 g/mol. The summed E-state index contributed by atoms with van der Waals surface area (Å²) in [7, 11) is -3.07. The summed E-state index contributed by atoms with van der Waals surface area (Å²) in [4.78, 5) is 15.5. The van der Waals surface area contributed by atoms with Gasteiger partial charge < -0.3 is 9.83 Å². The smallest absolute Gasteiger partial charge is 0.416 e. The van der Waals surface area contributed by atoms with Gasteiger partial charge >= 0.3 is 12.1 Å². The first-order valence-corrected chi connectivity index (χ1v) is 13.3. The molecule has 5 nitrogen and oxygen atoms in total. The van der Waals surface area contributed by atoms with Gasteiger partial charge in [0.2, 0.25) is 0 Å². The summed E-state index contributed by atoms with van der Waals surface area (Å²) in [6, 6.07) is 15.7. The zero-order valence-electron chi connectivity index (χ0n) is 19.5. The van der Waals surface area contributed by atoms with E-state index in [4.69, 9.17) is 5.11 Å². The van der Waals surface area contributed by atoms with Crippen LogP contribution in [0, 0.1) is 5.92 Å². The number of nitrogens with zero attached hydrogens (tertiary/aromatic N) is 1. The first kappa shape index (κ1) is 25.8. The number of hydrogen-bond donors (Lipinski definition) is 2. The average molecular weight is 517 g/mol. The number of alkyl halides is 3. The molecule has 36 heavy (non-hydrogen) atoms. The van der Waals surface area contributed by atoms with Crippen molar-refractivity contribution in [3.05, 3.63) is 78.0 Å². The number of halogens is 3. The molecule has 0 saturated heterocycles. The highest BCUT2D eigenvalue weighted by atomic mass is 32.2. The molecule has 0 bridgehead atoms. The van der Waals surface area contributed by atoms with Crippen molar-refractivity contribution in [3.63, 3.8) is 0 Å². The molecule has 0 spiro atoms. The van der Waals surface area contributed by atoms with Crippen LogP contribution in [0.25, 0.3) is 11.3 Å². The summed E-state index contributed by atoms with van der Waals surface area (Å²) in [6.07, 6.45) is 1.12. The lowest BCUT2D eigenvalue weighted by molar-refractivity contribution is -0.139. The number of carbonyl (C=O) groups is 1. The van der Waals surface area contributed by atoms with Gasteiger partial charge in [-0.05, 0) is 85.4 Å². The van der Waals surface area contributed by atoms with Gasteiger partial charge in [-0.1, -0.05) is 24.3 Å². The molecule has 2 aromatic carbocycles. The van der Waals surface area contributed by atoms with Gasteiger partial charge in [0.15, 0.2) is 0 Å². The molecule has 0 radical (unpaired) electrons. The Balaban J connectivity index is 1.39. The molecule has 1 fully saturated rings. The molecule has 1 atom stereocenters. The van der Waals surface area contributed by atoms with Gasteiger partial charge in [-0.15, -0.1) is 0 Å². The van der Waals surface area contributed by atoms with Crippen LogP contribution >= 0.6 is 0 Å². The van der Waals surface area contributed by atoms with Crippen molar-refractivity contribution in [2.24, 2.45) is 5.92 Å². The highest BCUT2D eigenvalue weighted by Crippen LogP contribution is 2.37. The molecule has 1 aliphatic rings. The van der Waals surface area contributed by atoms with Crippen LogP contribution in [0.3, 0.4) is 0 Å². The summed E-state index contributed by atoms with van der Waals surface area (Å²) < 4.78 is 54.1. The number of carboxylic acid groups (broad SMARTS) is 1. The first-order valence-electron chi connectivity index (χ1n) is 11.6. The Morgan fingerprint density at radius 2 is 1.64 bits per heavy atom. The molecule has 1 aliphatic carbocycles. The molecular formula is C27H27F3N2O3S. The summed E-state index contributed by atoms with van der Waals surface area (Å²) in [6.45, 7) is 0. The molecule has 2 N–H and O–H groups in total. The summed E-state index contributed by atoms with van der Waals surface area (Å²) >= 11 is 0. The van der Waals surface area contributed by atoms with Crippen LogP contribution in [0.5, 0.6) is 0 Å².